The number of pyridine rings is 1. The summed E-state index contributed by atoms with van der Waals surface area (Å²) in [6.07, 6.45) is 13.6. The maximum absolute atomic E-state index is 6.05. The predicted octanol–water partition coefficient (Wildman–Crippen LogP) is 4.23. The molecular formula is C19H22N6OS. The van der Waals surface area contributed by atoms with Crippen LogP contribution in [0.1, 0.15) is 44.6 Å². The summed E-state index contributed by atoms with van der Waals surface area (Å²) < 4.78 is 1.90. The Morgan fingerprint density at radius 1 is 1.26 bits per heavy atom. The van der Waals surface area contributed by atoms with E-state index in [-0.39, 0.29) is 5.60 Å². The van der Waals surface area contributed by atoms with Crippen molar-refractivity contribution >= 4 is 38.9 Å². The summed E-state index contributed by atoms with van der Waals surface area (Å²) in [6, 6.07) is 0. The quantitative estimate of drug-likeness (QED) is 0.703. The fraction of sp³-hybridized carbons (Fsp3) is 0.421. The molecule has 7 nitrogen and oxygen atoms in total. The van der Waals surface area contributed by atoms with Gasteiger partial charge in [0, 0.05) is 29.9 Å². The van der Waals surface area contributed by atoms with Crippen LogP contribution >= 0.6 is 11.3 Å². The summed E-state index contributed by atoms with van der Waals surface area (Å²) >= 11 is 1.57. The van der Waals surface area contributed by atoms with E-state index in [0.29, 0.717) is 0 Å². The van der Waals surface area contributed by atoms with Crippen LogP contribution in [0.5, 0.6) is 0 Å². The standard InChI is InChI=1S/C19H22N6OS/c1-2-25-17-14(12-22-25)16(23-18-20-8-9-27-18)13(11-21-17)15-10-19(26-24-15)6-4-3-5-7-19/h8-12,24H,2-7H2,1H3,(H,20,21,23). The molecular weight excluding hydrogens is 360 g/mol. The van der Waals surface area contributed by atoms with Gasteiger partial charge >= 0.3 is 0 Å². The Morgan fingerprint density at radius 2 is 2.15 bits per heavy atom. The molecule has 2 aliphatic rings. The fourth-order valence-corrected chi connectivity index (χ4v) is 4.53. The average molecular weight is 382 g/mol. The Labute approximate surface area is 161 Å². The molecule has 5 rings (SSSR count). The molecule has 0 aromatic carbocycles. The molecule has 0 amide bonds. The minimum atomic E-state index is -0.186. The normalized spacial score (nSPS) is 18.6. The van der Waals surface area contributed by atoms with E-state index in [2.05, 4.69) is 38.9 Å². The molecule has 3 aromatic heterocycles. The lowest BCUT2D eigenvalue weighted by atomic mass is 9.84. The van der Waals surface area contributed by atoms with Crippen LogP contribution in [0.3, 0.4) is 0 Å². The number of hydroxylamine groups is 1. The Morgan fingerprint density at radius 3 is 2.93 bits per heavy atom. The zero-order valence-electron chi connectivity index (χ0n) is 15.2. The number of rotatable bonds is 4. The van der Waals surface area contributed by atoms with Gasteiger partial charge in [0.1, 0.15) is 5.60 Å². The third-order valence-electron chi connectivity index (χ3n) is 5.39. The zero-order valence-corrected chi connectivity index (χ0v) is 16.1. The Bertz CT molecular complexity index is 987. The third kappa shape index (κ3) is 2.89. The van der Waals surface area contributed by atoms with Gasteiger partial charge in [-0.3, -0.25) is 10.3 Å². The van der Waals surface area contributed by atoms with Gasteiger partial charge in [-0.1, -0.05) is 19.3 Å². The molecule has 1 spiro atoms. The minimum Gasteiger partial charge on any atom is -0.330 e. The second-order valence-corrected chi connectivity index (χ2v) is 7.99. The summed E-state index contributed by atoms with van der Waals surface area (Å²) in [4.78, 5) is 15.1. The molecule has 1 saturated carbocycles. The van der Waals surface area contributed by atoms with Crippen LogP contribution in [0.4, 0.5) is 10.8 Å². The molecule has 8 heteroatoms. The number of aromatic nitrogens is 4. The molecule has 27 heavy (non-hydrogen) atoms. The van der Waals surface area contributed by atoms with Gasteiger partial charge in [0.2, 0.25) is 0 Å². The SMILES string of the molecule is CCn1ncc2c(Nc3nccs3)c(C3=CC4(CCCCC4)ON3)cnc21. The smallest absolute Gasteiger partial charge is 0.187 e. The molecule has 2 N–H and O–H groups in total. The number of fused-ring (bicyclic) bond motifs is 1. The van der Waals surface area contributed by atoms with Crippen LogP contribution in [-0.4, -0.2) is 25.3 Å². The van der Waals surface area contributed by atoms with E-state index in [1.807, 2.05) is 22.5 Å². The molecule has 1 fully saturated rings. The number of anilines is 2. The van der Waals surface area contributed by atoms with Crippen LogP contribution in [-0.2, 0) is 11.4 Å². The number of thiazole rings is 1. The minimum absolute atomic E-state index is 0.186. The van der Waals surface area contributed by atoms with Gasteiger partial charge in [-0.2, -0.15) is 5.10 Å². The number of hydrogen-bond donors (Lipinski definition) is 2. The highest BCUT2D eigenvalue weighted by Crippen LogP contribution is 2.41. The average Bonchev–Trinajstić information content (AvgIpc) is 3.43. The van der Waals surface area contributed by atoms with Crippen LogP contribution in [0.25, 0.3) is 16.7 Å². The van der Waals surface area contributed by atoms with Gasteiger partial charge in [-0.25, -0.2) is 14.6 Å². The molecule has 3 aromatic rings. The number of hydrogen-bond acceptors (Lipinski definition) is 7. The summed E-state index contributed by atoms with van der Waals surface area (Å²) in [5.74, 6) is 0. The first-order valence-corrected chi connectivity index (χ1v) is 10.3. The molecule has 0 radical (unpaired) electrons. The van der Waals surface area contributed by atoms with Crippen molar-refractivity contribution in [2.24, 2.45) is 0 Å². The van der Waals surface area contributed by atoms with Crippen LogP contribution in [0, 0.1) is 0 Å². The predicted molar refractivity (Wildman–Crippen MR) is 107 cm³/mol. The van der Waals surface area contributed by atoms with Crippen molar-refractivity contribution in [3.05, 3.63) is 35.6 Å². The monoisotopic (exact) mass is 382 g/mol. The summed E-state index contributed by atoms with van der Waals surface area (Å²) in [5.41, 5.74) is 6.77. The molecule has 0 saturated heterocycles. The molecule has 4 heterocycles. The topological polar surface area (TPSA) is 76.9 Å². The Balaban J connectivity index is 1.62. The van der Waals surface area contributed by atoms with Gasteiger partial charge in [-0.05, 0) is 25.8 Å². The Hall–Kier alpha value is -2.45. The number of aryl methyl sites for hydroxylation is 1. The van der Waals surface area contributed by atoms with E-state index < -0.39 is 0 Å². The van der Waals surface area contributed by atoms with Crippen molar-refractivity contribution in [3.63, 3.8) is 0 Å². The first-order valence-electron chi connectivity index (χ1n) is 9.46. The van der Waals surface area contributed by atoms with Gasteiger partial charge in [-0.15, -0.1) is 11.3 Å². The summed E-state index contributed by atoms with van der Waals surface area (Å²) in [7, 11) is 0. The lowest BCUT2D eigenvalue weighted by Gasteiger charge is -2.29. The molecule has 0 atom stereocenters. The van der Waals surface area contributed by atoms with E-state index in [9.17, 15) is 0 Å². The Kier molecular flexibility index (Phi) is 4.09. The summed E-state index contributed by atoms with van der Waals surface area (Å²) in [6.45, 7) is 2.84. The van der Waals surface area contributed by atoms with Crippen molar-refractivity contribution < 1.29 is 4.84 Å². The van der Waals surface area contributed by atoms with E-state index in [1.54, 1.807) is 17.5 Å². The first-order chi connectivity index (χ1) is 13.3. The number of nitrogens with one attached hydrogen (secondary N) is 2. The largest absolute Gasteiger partial charge is 0.330 e. The number of nitrogens with zero attached hydrogens (tertiary/aromatic N) is 4. The molecule has 0 unspecified atom stereocenters. The fourth-order valence-electron chi connectivity index (χ4n) is 4.00. The maximum Gasteiger partial charge on any atom is 0.187 e. The van der Waals surface area contributed by atoms with Crippen molar-refractivity contribution in [2.45, 2.75) is 51.2 Å². The molecule has 1 aliphatic heterocycles. The van der Waals surface area contributed by atoms with Gasteiger partial charge in [0.05, 0.1) is 23.0 Å². The highest BCUT2D eigenvalue weighted by atomic mass is 32.1. The van der Waals surface area contributed by atoms with E-state index in [0.717, 1.165) is 52.5 Å². The zero-order chi connectivity index (χ0) is 18.3. The highest BCUT2D eigenvalue weighted by molar-refractivity contribution is 7.13. The molecule has 140 valence electrons. The molecule has 1 aliphatic carbocycles. The van der Waals surface area contributed by atoms with Crippen molar-refractivity contribution in [2.75, 3.05) is 5.32 Å². The van der Waals surface area contributed by atoms with Gasteiger partial charge in [0.25, 0.3) is 0 Å². The lowest BCUT2D eigenvalue weighted by molar-refractivity contribution is -0.0557. The van der Waals surface area contributed by atoms with Crippen LogP contribution in [0.15, 0.2) is 30.0 Å². The van der Waals surface area contributed by atoms with Gasteiger partial charge in [0.15, 0.2) is 10.8 Å². The van der Waals surface area contributed by atoms with Crippen molar-refractivity contribution in [1.29, 1.82) is 0 Å². The van der Waals surface area contributed by atoms with Gasteiger partial charge < -0.3 is 5.32 Å². The third-order valence-corrected chi connectivity index (χ3v) is 6.08. The second kappa shape index (κ2) is 6.61. The first kappa shape index (κ1) is 16.7. The van der Waals surface area contributed by atoms with Crippen molar-refractivity contribution in [1.82, 2.24) is 25.2 Å². The molecule has 0 bridgehead atoms. The van der Waals surface area contributed by atoms with Crippen molar-refractivity contribution in [3.8, 4) is 0 Å². The van der Waals surface area contributed by atoms with E-state index in [1.165, 1.54) is 19.3 Å². The highest BCUT2D eigenvalue weighted by Gasteiger charge is 2.37. The van der Waals surface area contributed by atoms with Crippen LogP contribution in [0.2, 0.25) is 0 Å². The lowest BCUT2D eigenvalue weighted by Crippen LogP contribution is -2.31. The van der Waals surface area contributed by atoms with E-state index in [4.69, 9.17) is 4.84 Å². The summed E-state index contributed by atoms with van der Waals surface area (Å²) in [5, 5.41) is 11.8. The second-order valence-electron chi connectivity index (χ2n) is 7.09. The maximum atomic E-state index is 6.05. The van der Waals surface area contributed by atoms with Crippen LogP contribution < -0.4 is 10.8 Å². The van der Waals surface area contributed by atoms with E-state index >= 15 is 0 Å².